The van der Waals surface area contributed by atoms with Gasteiger partial charge in [0.05, 0.1) is 13.7 Å². The highest BCUT2D eigenvalue weighted by Gasteiger charge is 2.20. The van der Waals surface area contributed by atoms with E-state index in [1.807, 2.05) is 18.2 Å². The number of benzene rings is 1. The number of nitrogens with zero attached hydrogens (tertiary/aromatic N) is 1. The summed E-state index contributed by atoms with van der Waals surface area (Å²) in [5, 5.41) is 0. The molecule has 0 amide bonds. The fourth-order valence-corrected chi connectivity index (χ4v) is 2.02. The van der Waals surface area contributed by atoms with Gasteiger partial charge in [0.25, 0.3) is 0 Å². The summed E-state index contributed by atoms with van der Waals surface area (Å²) < 4.78 is 11.0. The van der Waals surface area contributed by atoms with Crippen molar-refractivity contribution in [2.24, 2.45) is 5.92 Å². The molecule has 1 aromatic carbocycles. The van der Waals surface area contributed by atoms with E-state index in [2.05, 4.69) is 11.9 Å². The molecule has 2 rings (SSSR count). The molecule has 0 heterocycles. The van der Waals surface area contributed by atoms with Crippen molar-refractivity contribution < 1.29 is 9.47 Å². The van der Waals surface area contributed by atoms with Crippen LogP contribution in [0.1, 0.15) is 18.4 Å². The number of anilines is 1. The van der Waals surface area contributed by atoms with Crippen molar-refractivity contribution in [3.63, 3.8) is 0 Å². The summed E-state index contributed by atoms with van der Waals surface area (Å²) in [6.07, 6.45) is 2.69. The van der Waals surface area contributed by atoms with Crippen LogP contribution in [-0.4, -0.2) is 38.8 Å². The van der Waals surface area contributed by atoms with Crippen molar-refractivity contribution in [2.45, 2.75) is 19.4 Å². The molecule has 1 fully saturated rings. The number of methoxy groups -OCH3 is 1. The zero-order chi connectivity index (χ0) is 13.7. The molecule has 0 aromatic heterocycles. The summed E-state index contributed by atoms with van der Waals surface area (Å²) in [6.45, 7) is 3.50. The molecule has 0 bridgehead atoms. The lowest BCUT2D eigenvalue weighted by atomic mass is 10.1. The summed E-state index contributed by atoms with van der Waals surface area (Å²) in [7, 11) is 3.77. The number of rotatable bonds is 8. The molecule has 0 radical (unpaired) electrons. The number of hydrogen-bond acceptors (Lipinski definition) is 4. The van der Waals surface area contributed by atoms with Gasteiger partial charge in [0.1, 0.15) is 5.75 Å². The van der Waals surface area contributed by atoms with Crippen LogP contribution in [0.2, 0.25) is 0 Å². The van der Waals surface area contributed by atoms with Gasteiger partial charge >= 0.3 is 0 Å². The van der Waals surface area contributed by atoms with Crippen molar-refractivity contribution in [1.82, 2.24) is 4.90 Å². The third-order valence-corrected chi connectivity index (χ3v) is 3.42. The van der Waals surface area contributed by atoms with Crippen LogP contribution in [-0.2, 0) is 11.3 Å². The molecule has 1 aliphatic rings. The summed E-state index contributed by atoms with van der Waals surface area (Å²) in [5.74, 6) is 1.69. The third kappa shape index (κ3) is 4.73. The molecule has 1 saturated carbocycles. The Morgan fingerprint density at radius 2 is 2.16 bits per heavy atom. The van der Waals surface area contributed by atoms with E-state index in [1.54, 1.807) is 7.11 Å². The molecule has 0 aliphatic heterocycles. The quantitative estimate of drug-likeness (QED) is 0.577. The molecule has 0 atom stereocenters. The standard InChI is InChI=1S/C15H24N2O2/c1-17(7-8-19-11-12-3-4-12)10-13-5-6-14(16)9-15(13)18-2/h5-6,9,12H,3-4,7-8,10-11,16H2,1-2H3. The zero-order valence-electron chi connectivity index (χ0n) is 11.9. The predicted molar refractivity (Wildman–Crippen MR) is 77.3 cm³/mol. The number of nitrogen functional groups attached to an aromatic ring is 1. The Morgan fingerprint density at radius 3 is 2.84 bits per heavy atom. The fourth-order valence-electron chi connectivity index (χ4n) is 2.02. The largest absolute Gasteiger partial charge is 0.496 e. The van der Waals surface area contributed by atoms with E-state index in [0.717, 1.165) is 49.2 Å². The molecule has 4 nitrogen and oxygen atoms in total. The molecule has 0 spiro atoms. The summed E-state index contributed by atoms with van der Waals surface area (Å²) >= 11 is 0. The van der Waals surface area contributed by atoms with E-state index in [9.17, 15) is 0 Å². The Kier molecular flexibility index (Phi) is 5.05. The van der Waals surface area contributed by atoms with Crippen LogP contribution in [0.15, 0.2) is 18.2 Å². The lowest BCUT2D eigenvalue weighted by Gasteiger charge is -2.18. The van der Waals surface area contributed by atoms with Gasteiger partial charge in [-0.3, -0.25) is 4.90 Å². The average Bonchev–Trinajstić information content (AvgIpc) is 3.21. The van der Waals surface area contributed by atoms with Crippen molar-refractivity contribution in [3.05, 3.63) is 23.8 Å². The van der Waals surface area contributed by atoms with Crippen molar-refractivity contribution in [3.8, 4) is 5.75 Å². The van der Waals surface area contributed by atoms with Gasteiger partial charge in [-0.25, -0.2) is 0 Å². The number of hydrogen-bond donors (Lipinski definition) is 1. The van der Waals surface area contributed by atoms with Crippen LogP contribution in [0, 0.1) is 5.92 Å². The molecular formula is C15H24N2O2. The summed E-state index contributed by atoms with van der Waals surface area (Å²) in [6, 6.07) is 5.80. The average molecular weight is 264 g/mol. The first kappa shape index (κ1) is 14.2. The van der Waals surface area contributed by atoms with Gasteiger partial charge in [-0.1, -0.05) is 6.07 Å². The maximum atomic E-state index is 5.75. The van der Waals surface area contributed by atoms with Crippen LogP contribution >= 0.6 is 0 Å². The third-order valence-electron chi connectivity index (χ3n) is 3.42. The second-order valence-electron chi connectivity index (χ2n) is 5.33. The lowest BCUT2D eigenvalue weighted by Crippen LogP contribution is -2.23. The molecule has 2 N–H and O–H groups in total. The molecule has 0 saturated heterocycles. The van der Waals surface area contributed by atoms with Gasteiger partial charge in [-0.15, -0.1) is 0 Å². The lowest BCUT2D eigenvalue weighted by molar-refractivity contribution is 0.102. The molecule has 1 aromatic rings. The van der Waals surface area contributed by atoms with Gasteiger partial charge in [0.15, 0.2) is 0 Å². The molecule has 1 aliphatic carbocycles. The Morgan fingerprint density at radius 1 is 1.37 bits per heavy atom. The first-order valence-electron chi connectivity index (χ1n) is 6.87. The monoisotopic (exact) mass is 264 g/mol. The first-order valence-corrected chi connectivity index (χ1v) is 6.87. The maximum Gasteiger partial charge on any atom is 0.125 e. The smallest absolute Gasteiger partial charge is 0.125 e. The number of likely N-dealkylation sites (N-methyl/N-ethyl adjacent to an activating group) is 1. The van der Waals surface area contributed by atoms with Gasteiger partial charge in [0, 0.05) is 37.0 Å². The fraction of sp³-hybridized carbons (Fsp3) is 0.600. The highest BCUT2D eigenvalue weighted by Crippen LogP contribution is 2.28. The minimum atomic E-state index is 0.732. The van der Waals surface area contributed by atoms with Crippen LogP contribution in [0.25, 0.3) is 0 Å². The molecule has 106 valence electrons. The molecular weight excluding hydrogens is 240 g/mol. The topological polar surface area (TPSA) is 47.7 Å². The van der Waals surface area contributed by atoms with Crippen molar-refractivity contribution in [1.29, 1.82) is 0 Å². The maximum absolute atomic E-state index is 5.75. The second kappa shape index (κ2) is 6.78. The Hall–Kier alpha value is -1.26. The highest BCUT2D eigenvalue weighted by molar-refractivity contribution is 5.48. The van der Waals surface area contributed by atoms with E-state index in [0.29, 0.717) is 0 Å². The van der Waals surface area contributed by atoms with Crippen LogP contribution in [0.4, 0.5) is 5.69 Å². The van der Waals surface area contributed by atoms with Gasteiger partial charge in [0.2, 0.25) is 0 Å². The van der Waals surface area contributed by atoms with Crippen LogP contribution < -0.4 is 10.5 Å². The zero-order valence-corrected chi connectivity index (χ0v) is 11.9. The van der Waals surface area contributed by atoms with Crippen molar-refractivity contribution in [2.75, 3.05) is 39.6 Å². The van der Waals surface area contributed by atoms with E-state index < -0.39 is 0 Å². The van der Waals surface area contributed by atoms with E-state index in [-0.39, 0.29) is 0 Å². The van der Waals surface area contributed by atoms with Gasteiger partial charge in [-0.05, 0) is 31.9 Å². The van der Waals surface area contributed by atoms with Crippen LogP contribution in [0.3, 0.4) is 0 Å². The first-order chi connectivity index (χ1) is 9.19. The van der Waals surface area contributed by atoms with E-state index in [1.165, 1.54) is 12.8 Å². The van der Waals surface area contributed by atoms with Crippen LogP contribution in [0.5, 0.6) is 5.75 Å². The minimum absolute atomic E-state index is 0.732. The molecule has 4 heteroatoms. The minimum Gasteiger partial charge on any atom is -0.496 e. The highest BCUT2D eigenvalue weighted by atomic mass is 16.5. The predicted octanol–water partition coefficient (Wildman–Crippen LogP) is 2.14. The number of nitrogens with two attached hydrogens (primary N) is 1. The summed E-state index contributed by atoms with van der Waals surface area (Å²) in [5.41, 5.74) is 7.64. The second-order valence-corrected chi connectivity index (χ2v) is 5.33. The molecule has 19 heavy (non-hydrogen) atoms. The Balaban J connectivity index is 1.75. The SMILES string of the molecule is COc1cc(N)ccc1CN(C)CCOCC1CC1. The van der Waals surface area contributed by atoms with Crippen molar-refractivity contribution >= 4 is 5.69 Å². The Bertz CT molecular complexity index is 405. The Labute approximate surface area is 115 Å². The summed E-state index contributed by atoms with van der Waals surface area (Å²) in [4.78, 5) is 2.24. The van der Waals surface area contributed by atoms with Gasteiger partial charge in [-0.2, -0.15) is 0 Å². The normalized spacial score (nSPS) is 14.9. The molecule has 0 unspecified atom stereocenters. The van der Waals surface area contributed by atoms with E-state index in [4.69, 9.17) is 15.2 Å². The number of ether oxygens (including phenoxy) is 2. The van der Waals surface area contributed by atoms with Gasteiger partial charge < -0.3 is 15.2 Å². The van der Waals surface area contributed by atoms with E-state index >= 15 is 0 Å².